The Kier molecular flexibility index (Phi) is 7.25. The van der Waals surface area contributed by atoms with E-state index in [1.54, 1.807) is 6.08 Å². The number of amides is 1. The molecule has 1 fully saturated rings. The summed E-state index contributed by atoms with van der Waals surface area (Å²) in [7, 11) is 2.07. The lowest BCUT2D eigenvalue weighted by Gasteiger charge is -2.26. The highest BCUT2D eigenvalue weighted by Crippen LogP contribution is 2.36. The highest BCUT2D eigenvalue weighted by molar-refractivity contribution is 5.69. The van der Waals surface area contributed by atoms with E-state index >= 15 is 0 Å². The average Bonchev–Trinajstić information content (AvgIpc) is 3.26. The minimum Gasteiger partial charge on any atom is -0.446 e. The molecule has 2 aliphatic heterocycles. The van der Waals surface area contributed by atoms with E-state index < -0.39 is 17.8 Å². The third kappa shape index (κ3) is 5.99. The average molecular weight is 480 g/mol. The van der Waals surface area contributed by atoms with Crippen molar-refractivity contribution in [3.05, 3.63) is 42.3 Å². The third-order valence-corrected chi connectivity index (χ3v) is 5.82. The molecular weight excluding hydrogens is 453 g/mol. The summed E-state index contributed by atoms with van der Waals surface area (Å²) in [6.07, 6.45) is 2.54. The molecule has 0 aliphatic carbocycles. The van der Waals surface area contributed by atoms with Crippen molar-refractivity contribution < 1.29 is 27.1 Å². The molecule has 1 amide bonds. The van der Waals surface area contributed by atoms with Gasteiger partial charge in [-0.3, -0.25) is 0 Å². The molecule has 2 aromatic rings. The zero-order valence-electron chi connectivity index (χ0n) is 18.8. The monoisotopic (exact) mass is 480 g/mol. The van der Waals surface area contributed by atoms with Gasteiger partial charge in [-0.15, -0.1) is 0 Å². The topological polar surface area (TPSA) is 95.8 Å². The molecule has 4 heterocycles. The van der Waals surface area contributed by atoms with Crippen LogP contribution in [0.1, 0.15) is 36.6 Å². The number of carbonyl (C=O) groups excluding carboxylic acids is 1. The van der Waals surface area contributed by atoms with E-state index in [9.17, 15) is 18.0 Å². The van der Waals surface area contributed by atoms with Gasteiger partial charge >= 0.3 is 12.3 Å². The number of aromatic nitrogens is 2. The first kappa shape index (κ1) is 23.9. The molecule has 0 aromatic carbocycles. The minimum absolute atomic E-state index is 0.106. The van der Waals surface area contributed by atoms with Crippen LogP contribution in [-0.4, -0.2) is 65.6 Å². The van der Waals surface area contributed by atoms with Gasteiger partial charge in [0.1, 0.15) is 12.1 Å². The molecule has 2 aromatic heterocycles. The maximum atomic E-state index is 13.5. The lowest BCUT2D eigenvalue weighted by molar-refractivity contribution is -0.137. The molecule has 0 saturated carbocycles. The fraction of sp³-hybridized carbons (Fsp3) is 0.500. The van der Waals surface area contributed by atoms with E-state index in [1.807, 2.05) is 0 Å². The van der Waals surface area contributed by atoms with E-state index in [0.29, 0.717) is 31.2 Å². The van der Waals surface area contributed by atoms with Crippen LogP contribution in [0, 0.1) is 0 Å². The number of rotatable bonds is 8. The van der Waals surface area contributed by atoms with Crippen molar-refractivity contribution in [2.24, 2.45) is 0 Å². The number of nitrogens with zero attached hydrogens (tertiary/aromatic N) is 4. The van der Waals surface area contributed by atoms with E-state index in [0.717, 1.165) is 32.1 Å². The number of cyclic esters (lactones) is 1. The minimum atomic E-state index is -4.56. The molecule has 0 spiro atoms. The first-order valence-electron chi connectivity index (χ1n) is 11.1. The lowest BCUT2D eigenvalue weighted by atomic mass is 9.97. The number of nitrogens with one attached hydrogen (secondary N) is 2. The fourth-order valence-corrected chi connectivity index (χ4v) is 3.92. The quantitative estimate of drug-likeness (QED) is 0.537. The second kappa shape index (κ2) is 10.3. The number of hydrogen-bond donors (Lipinski definition) is 2. The SMILES string of the molecule is CN1CCC(c2nc(Nc3cc(NCCCN4CC=COC4=O)c(C(F)(F)F)cn3)co2)CC1. The van der Waals surface area contributed by atoms with Crippen molar-refractivity contribution in [2.75, 3.05) is 50.4 Å². The molecule has 2 N–H and O–H groups in total. The molecule has 4 rings (SSSR count). The zero-order chi connectivity index (χ0) is 24.1. The van der Waals surface area contributed by atoms with Crippen LogP contribution in [0.15, 0.2) is 35.3 Å². The van der Waals surface area contributed by atoms with E-state index in [2.05, 4.69) is 32.5 Å². The summed E-state index contributed by atoms with van der Waals surface area (Å²) in [6, 6.07) is 1.30. The van der Waals surface area contributed by atoms with Crippen molar-refractivity contribution in [3.63, 3.8) is 0 Å². The van der Waals surface area contributed by atoms with Crippen molar-refractivity contribution in [3.8, 4) is 0 Å². The summed E-state index contributed by atoms with van der Waals surface area (Å²) in [5, 5.41) is 5.74. The summed E-state index contributed by atoms with van der Waals surface area (Å²) in [5.41, 5.74) is -0.976. The largest absolute Gasteiger partial charge is 0.446 e. The van der Waals surface area contributed by atoms with Crippen LogP contribution in [0.4, 0.5) is 35.3 Å². The number of likely N-dealkylation sites (tertiary alicyclic amines) is 1. The van der Waals surface area contributed by atoms with Crippen LogP contribution in [0.25, 0.3) is 0 Å². The molecule has 12 heteroatoms. The Bertz CT molecular complexity index is 1020. The summed E-state index contributed by atoms with van der Waals surface area (Å²) in [5.74, 6) is 1.44. The van der Waals surface area contributed by atoms with Crippen LogP contribution in [0.2, 0.25) is 0 Å². The number of hydrogen-bond acceptors (Lipinski definition) is 8. The van der Waals surface area contributed by atoms with Crippen LogP contribution in [0.5, 0.6) is 0 Å². The van der Waals surface area contributed by atoms with Gasteiger partial charge in [0.15, 0.2) is 11.7 Å². The highest BCUT2D eigenvalue weighted by Gasteiger charge is 2.34. The van der Waals surface area contributed by atoms with Crippen molar-refractivity contribution in [2.45, 2.75) is 31.4 Å². The van der Waals surface area contributed by atoms with Gasteiger partial charge in [-0.2, -0.15) is 18.2 Å². The van der Waals surface area contributed by atoms with Crippen molar-refractivity contribution >= 4 is 23.4 Å². The number of halogens is 3. The highest BCUT2D eigenvalue weighted by atomic mass is 19.4. The van der Waals surface area contributed by atoms with Gasteiger partial charge in [-0.25, -0.2) is 9.78 Å². The molecular formula is C22H27F3N6O3. The van der Waals surface area contributed by atoms with Crippen LogP contribution in [-0.2, 0) is 10.9 Å². The van der Waals surface area contributed by atoms with Crippen molar-refractivity contribution in [1.82, 2.24) is 19.8 Å². The summed E-state index contributed by atoms with van der Waals surface area (Å²) in [6.45, 7) is 2.91. The summed E-state index contributed by atoms with van der Waals surface area (Å²) in [4.78, 5) is 23.7. The Morgan fingerprint density at radius 3 is 2.76 bits per heavy atom. The molecule has 184 valence electrons. The van der Waals surface area contributed by atoms with Gasteiger partial charge in [0.05, 0.1) is 17.5 Å². The zero-order valence-corrected chi connectivity index (χ0v) is 18.8. The Hall–Kier alpha value is -3.28. The number of ether oxygens (including phenoxy) is 1. The van der Waals surface area contributed by atoms with Gasteiger partial charge in [0.25, 0.3) is 0 Å². The molecule has 9 nitrogen and oxygen atoms in total. The second-order valence-corrected chi connectivity index (χ2v) is 8.37. The number of carbonyl (C=O) groups is 1. The van der Waals surface area contributed by atoms with E-state index in [4.69, 9.17) is 9.15 Å². The number of pyridine rings is 1. The Labute approximate surface area is 195 Å². The molecule has 1 saturated heterocycles. The first-order chi connectivity index (χ1) is 16.3. The lowest BCUT2D eigenvalue weighted by Crippen LogP contribution is -2.34. The second-order valence-electron chi connectivity index (χ2n) is 8.37. The maximum absolute atomic E-state index is 13.5. The van der Waals surface area contributed by atoms with Gasteiger partial charge in [0, 0.05) is 37.8 Å². The molecule has 2 aliphatic rings. The van der Waals surface area contributed by atoms with Crippen LogP contribution in [0.3, 0.4) is 0 Å². The number of piperidine rings is 1. The smallest absolute Gasteiger partial charge is 0.419 e. The Morgan fingerprint density at radius 2 is 2.03 bits per heavy atom. The van der Waals surface area contributed by atoms with Crippen LogP contribution < -0.4 is 10.6 Å². The third-order valence-electron chi connectivity index (χ3n) is 5.82. The van der Waals surface area contributed by atoms with Crippen LogP contribution >= 0.6 is 0 Å². The van der Waals surface area contributed by atoms with E-state index in [-0.39, 0.29) is 24.0 Å². The molecule has 0 unspecified atom stereocenters. The normalized spacial score (nSPS) is 17.6. The Morgan fingerprint density at radius 1 is 1.24 bits per heavy atom. The van der Waals surface area contributed by atoms with Gasteiger partial charge in [-0.05, 0) is 45.5 Å². The number of oxazole rings is 1. The predicted molar refractivity (Wildman–Crippen MR) is 119 cm³/mol. The van der Waals surface area contributed by atoms with Gasteiger partial charge in [-0.1, -0.05) is 0 Å². The molecule has 0 bridgehead atoms. The number of anilines is 3. The maximum Gasteiger partial charge on any atom is 0.419 e. The fourth-order valence-electron chi connectivity index (χ4n) is 3.92. The molecule has 0 radical (unpaired) electrons. The van der Waals surface area contributed by atoms with Gasteiger partial charge in [0.2, 0.25) is 0 Å². The van der Waals surface area contributed by atoms with E-state index in [1.165, 1.54) is 23.5 Å². The molecule has 34 heavy (non-hydrogen) atoms. The predicted octanol–water partition coefficient (Wildman–Crippen LogP) is 4.41. The molecule has 0 atom stereocenters. The Balaban J connectivity index is 1.39. The van der Waals surface area contributed by atoms with Crippen molar-refractivity contribution in [1.29, 1.82) is 0 Å². The standard InChI is InChI=1S/C22H27F3N6O3/c1-30-9-4-15(5-10-30)20-29-19(14-34-20)28-18-12-17(16(13-27-18)22(23,24)25)26-6-2-7-31-8-3-11-33-21(31)32/h3,11-15H,2,4-10H2,1H3,(H2,26,27,28). The van der Waals surface area contributed by atoms with Gasteiger partial charge < -0.3 is 29.6 Å². The first-order valence-corrected chi connectivity index (χ1v) is 11.1. The summed E-state index contributed by atoms with van der Waals surface area (Å²) >= 11 is 0. The summed E-state index contributed by atoms with van der Waals surface area (Å²) < 4.78 is 50.9. The number of alkyl halides is 3.